The van der Waals surface area contributed by atoms with Gasteiger partial charge in [-0.25, -0.2) is 8.42 Å². The van der Waals surface area contributed by atoms with Gasteiger partial charge < -0.3 is 10.1 Å². The van der Waals surface area contributed by atoms with Crippen LogP contribution in [-0.4, -0.2) is 39.4 Å². The number of nitrogens with one attached hydrogen (secondary N) is 1. The molecule has 5 nitrogen and oxygen atoms in total. The van der Waals surface area contributed by atoms with Crippen LogP contribution in [0.5, 0.6) is 5.75 Å². The third-order valence-corrected chi connectivity index (χ3v) is 5.40. The fourth-order valence-corrected chi connectivity index (χ4v) is 3.44. The Labute approximate surface area is 155 Å². The standard InChI is InChI=1S/C18H22N2O3S.ClH/c1-24(21,22)18-4-2-15(3-5-18)16-10-17(12-20-11-16)23-13-14-6-8-19-9-7-14;/h2-5,10-12,14,19H,6-9,13H2,1H3;1H. The second kappa shape index (κ2) is 8.65. The lowest BCUT2D eigenvalue weighted by molar-refractivity contribution is 0.214. The minimum absolute atomic E-state index is 0. The molecule has 1 saturated heterocycles. The fraction of sp³-hybridized carbons (Fsp3) is 0.389. The summed E-state index contributed by atoms with van der Waals surface area (Å²) in [5.74, 6) is 1.34. The number of piperidine rings is 1. The second-order valence-electron chi connectivity index (χ2n) is 6.21. The zero-order valence-electron chi connectivity index (χ0n) is 14.1. The monoisotopic (exact) mass is 382 g/mol. The largest absolute Gasteiger partial charge is 0.492 e. The summed E-state index contributed by atoms with van der Waals surface area (Å²) < 4.78 is 29.0. The highest BCUT2D eigenvalue weighted by atomic mass is 35.5. The number of aromatic nitrogens is 1. The molecule has 1 aromatic carbocycles. The molecule has 3 rings (SSSR count). The molecule has 1 aromatic heterocycles. The summed E-state index contributed by atoms with van der Waals surface area (Å²) >= 11 is 0. The molecular formula is C18H23ClN2O3S. The molecule has 1 N–H and O–H groups in total. The minimum atomic E-state index is -3.18. The Bertz CT molecular complexity index is 788. The first kappa shape index (κ1) is 19.7. The number of benzene rings is 1. The Morgan fingerprint density at radius 2 is 1.80 bits per heavy atom. The lowest BCUT2D eigenvalue weighted by Crippen LogP contribution is -2.30. The lowest BCUT2D eigenvalue weighted by atomic mass is 9.99. The summed E-state index contributed by atoms with van der Waals surface area (Å²) in [5.41, 5.74) is 1.83. The molecule has 0 saturated carbocycles. The lowest BCUT2D eigenvalue weighted by Gasteiger charge is -2.22. The van der Waals surface area contributed by atoms with Gasteiger partial charge in [0, 0.05) is 18.0 Å². The highest BCUT2D eigenvalue weighted by molar-refractivity contribution is 7.90. The molecule has 0 atom stereocenters. The minimum Gasteiger partial charge on any atom is -0.492 e. The fourth-order valence-electron chi connectivity index (χ4n) is 2.81. The summed E-state index contributed by atoms with van der Waals surface area (Å²) in [4.78, 5) is 4.56. The molecule has 1 aliphatic rings. The summed E-state index contributed by atoms with van der Waals surface area (Å²) in [7, 11) is -3.18. The van der Waals surface area contributed by atoms with Gasteiger partial charge >= 0.3 is 0 Å². The van der Waals surface area contributed by atoms with Crippen LogP contribution in [0.4, 0.5) is 0 Å². The van der Waals surface area contributed by atoms with E-state index in [4.69, 9.17) is 4.74 Å². The van der Waals surface area contributed by atoms with Crippen molar-refractivity contribution in [2.75, 3.05) is 26.0 Å². The molecular weight excluding hydrogens is 360 g/mol. The van der Waals surface area contributed by atoms with Crippen molar-refractivity contribution in [1.29, 1.82) is 0 Å². The maximum Gasteiger partial charge on any atom is 0.175 e. The second-order valence-corrected chi connectivity index (χ2v) is 8.23. The highest BCUT2D eigenvalue weighted by Gasteiger charge is 2.14. The van der Waals surface area contributed by atoms with E-state index in [1.54, 1.807) is 36.7 Å². The molecule has 0 unspecified atom stereocenters. The van der Waals surface area contributed by atoms with E-state index in [9.17, 15) is 8.42 Å². The van der Waals surface area contributed by atoms with Crippen molar-refractivity contribution in [2.45, 2.75) is 17.7 Å². The smallest absolute Gasteiger partial charge is 0.175 e. The molecule has 0 amide bonds. The van der Waals surface area contributed by atoms with Crippen LogP contribution >= 0.6 is 12.4 Å². The maximum atomic E-state index is 11.5. The van der Waals surface area contributed by atoms with Crippen LogP contribution in [0.1, 0.15) is 12.8 Å². The first-order chi connectivity index (χ1) is 11.5. The zero-order valence-corrected chi connectivity index (χ0v) is 15.8. The van der Waals surface area contributed by atoms with E-state index in [0.717, 1.165) is 42.8 Å². The molecule has 136 valence electrons. The van der Waals surface area contributed by atoms with E-state index in [0.29, 0.717) is 17.4 Å². The van der Waals surface area contributed by atoms with E-state index in [-0.39, 0.29) is 12.4 Å². The van der Waals surface area contributed by atoms with Gasteiger partial charge in [-0.15, -0.1) is 12.4 Å². The Morgan fingerprint density at radius 3 is 2.44 bits per heavy atom. The summed E-state index contributed by atoms with van der Waals surface area (Å²) in [6.45, 7) is 2.82. The molecule has 0 radical (unpaired) electrons. The third kappa shape index (κ3) is 5.42. The molecule has 7 heteroatoms. The summed E-state index contributed by atoms with van der Waals surface area (Å²) in [6, 6.07) is 8.78. The van der Waals surface area contributed by atoms with Crippen molar-refractivity contribution >= 4 is 22.2 Å². The number of sulfone groups is 1. The molecule has 0 aliphatic carbocycles. The molecule has 1 fully saturated rings. The predicted octanol–water partition coefficient (Wildman–Crippen LogP) is 2.95. The van der Waals surface area contributed by atoms with Gasteiger partial charge in [-0.3, -0.25) is 4.98 Å². The van der Waals surface area contributed by atoms with Crippen LogP contribution in [-0.2, 0) is 9.84 Å². The van der Waals surface area contributed by atoms with Crippen molar-refractivity contribution in [1.82, 2.24) is 10.3 Å². The van der Waals surface area contributed by atoms with Crippen LogP contribution in [0.25, 0.3) is 11.1 Å². The van der Waals surface area contributed by atoms with Gasteiger partial charge in [0.2, 0.25) is 0 Å². The molecule has 0 spiro atoms. The number of hydrogen-bond acceptors (Lipinski definition) is 5. The topological polar surface area (TPSA) is 68.3 Å². The normalized spacial score (nSPS) is 15.4. The van der Waals surface area contributed by atoms with Gasteiger partial charge in [-0.05, 0) is 55.6 Å². The predicted molar refractivity (Wildman–Crippen MR) is 101 cm³/mol. The average molecular weight is 383 g/mol. The van der Waals surface area contributed by atoms with Crippen molar-refractivity contribution in [3.05, 3.63) is 42.7 Å². The van der Waals surface area contributed by atoms with Gasteiger partial charge in [0.1, 0.15) is 5.75 Å². The Balaban J connectivity index is 0.00000225. The van der Waals surface area contributed by atoms with E-state index in [1.165, 1.54) is 6.26 Å². The molecule has 25 heavy (non-hydrogen) atoms. The molecule has 2 aromatic rings. The molecule has 1 aliphatic heterocycles. The number of hydrogen-bond donors (Lipinski definition) is 1. The van der Waals surface area contributed by atoms with Crippen LogP contribution in [0, 0.1) is 5.92 Å². The van der Waals surface area contributed by atoms with Crippen molar-refractivity contribution in [3.63, 3.8) is 0 Å². The SMILES string of the molecule is CS(=O)(=O)c1ccc(-c2cncc(OCC3CCNCC3)c2)cc1.Cl. The van der Waals surface area contributed by atoms with Crippen LogP contribution in [0.15, 0.2) is 47.6 Å². The van der Waals surface area contributed by atoms with Gasteiger partial charge in [0.05, 0.1) is 17.7 Å². The molecule has 0 bridgehead atoms. The zero-order chi connectivity index (χ0) is 17.0. The number of halogens is 1. The van der Waals surface area contributed by atoms with Crippen molar-refractivity contribution < 1.29 is 13.2 Å². The van der Waals surface area contributed by atoms with Gasteiger partial charge in [0.15, 0.2) is 9.84 Å². The van der Waals surface area contributed by atoms with Crippen molar-refractivity contribution in [2.24, 2.45) is 5.92 Å². The summed E-state index contributed by atoms with van der Waals surface area (Å²) in [6.07, 6.45) is 6.96. The Kier molecular flexibility index (Phi) is 6.81. The quantitative estimate of drug-likeness (QED) is 0.861. The summed E-state index contributed by atoms with van der Waals surface area (Å²) in [5, 5.41) is 3.35. The Morgan fingerprint density at radius 1 is 1.12 bits per heavy atom. The van der Waals surface area contributed by atoms with Crippen LogP contribution in [0.3, 0.4) is 0 Å². The number of ether oxygens (including phenoxy) is 1. The van der Waals surface area contributed by atoms with Crippen LogP contribution < -0.4 is 10.1 Å². The number of rotatable bonds is 5. The maximum absolute atomic E-state index is 11.5. The first-order valence-electron chi connectivity index (χ1n) is 8.11. The number of nitrogens with zero attached hydrogens (tertiary/aromatic N) is 1. The van der Waals surface area contributed by atoms with Crippen LogP contribution in [0.2, 0.25) is 0 Å². The highest BCUT2D eigenvalue weighted by Crippen LogP contribution is 2.25. The van der Waals surface area contributed by atoms with Gasteiger partial charge in [-0.1, -0.05) is 12.1 Å². The van der Waals surface area contributed by atoms with E-state index in [2.05, 4.69) is 10.3 Å². The third-order valence-electron chi connectivity index (χ3n) is 4.27. The van der Waals surface area contributed by atoms with E-state index in [1.807, 2.05) is 6.07 Å². The van der Waals surface area contributed by atoms with Gasteiger partial charge in [-0.2, -0.15) is 0 Å². The average Bonchev–Trinajstić information content (AvgIpc) is 2.60. The first-order valence-corrected chi connectivity index (χ1v) is 10.0. The van der Waals surface area contributed by atoms with E-state index < -0.39 is 9.84 Å². The van der Waals surface area contributed by atoms with Crippen molar-refractivity contribution in [3.8, 4) is 16.9 Å². The molecule has 2 heterocycles. The van der Waals surface area contributed by atoms with E-state index >= 15 is 0 Å². The number of pyridine rings is 1. The Hall–Kier alpha value is -1.63. The van der Waals surface area contributed by atoms with Gasteiger partial charge in [0.25, 0.3) is 0 Å².